The molecule has 0 atom stereocenters. The summed E-state index contributed by atoms with van der Waals surface area (Å²) in [7, 11) is 0. The molecule has 0 amide bonds. The Balaban J connectivity index is 1.92. The highest BCUT2D eigenvalue weighted by Crippen LogP contribution is 2.51. The van der Waals surface area contributed by atoms with Crippen molar-refractivity contribution in [3.63, 3.8) is 0 Å². The average molecular weight is 248 g/mol. The van der Waals surface area contributed by atoms with Crippen LogP contribution >= 0.6 is 11.8 Å². The van der Waals surface area contributed by atoms with Crippen LogP contribution in [0.2, 0.25) is 0 Å². The van der Waals surface area contributed by atoms with Gasteiger partial charge in [-0.05, 0) is 30.4 Å². The summed E-state index contributed by atoms with van der Waals surface area (Å²) in [4.78, 5) is 14.7. The van der Waals surface area contributed by atoms with Gasteiger partial charge in [-0.25, -0.2) is 9.78 Å². The molecule has 0 aliphatic heterocycles. The molecule has 0 unspecified atom stereocenters. The van der Waals surface area contributed by atoms with Gasteiger partial charge < -0.3 is 5.11 Å². The van der Waals surface area contributed by atoms with Crippen molar-refractivity contribution in [2.45, 2.75) is 24.3 Å². The van der Waals surface area contributed by atoms with Crippen LogP contribution in [0.5, 0.6) is 0 Å². The van der Waals surface area contributed by atoms with Crippen molar-refractivity contribution < 1.29 is 9.90 Å². The van der Waals surface area contributed by atoms with Crippen LogP contribution in [0.1, 0.15) is 29.6 Å². The van der Waals surface area contributed by atoms with Crippen molar-refractivity contribution in [1.29, 1.82) is 5.26 Å². The maximum Gasteiger partial charge on any atom is 0.337 e. The molecule has 1 aliphatic rings. The third-order valence-electron chi connectivity index (χ3n) is 2.92. The number of carbonyl (C=O) groups is 1. The molecule has 88 valence electrons. The first-order chi connectivity index (χ1) is 8.15. The van der Waals surface area contributed by atoms with E-state index >= 15 is 0 Å². The minimum Gasteiger partial charge on any atom is -0.478 e. The Morgan fingerprint density at radius 3 is 2.82 bits per heavy atom. The lowest BCUT2D eigenvalue weighted by Crippen LogP contribution is -2.03. The largest absolute Gasteiger partial charge is 0.478 e. The van der Waals surface area contributed by atoms with Crippen molar-refractivity contribution in [3.8, 4) is 6.07 Å². The van der Waals surface area contributed by atoms with Crippen LogP contribution in [-0.2, 0) is 0 Å². The standard InChI is InChI=1S/C12H12N2O2S/c13-6-5-12(3-4-12)8-17-10-2-1-9(7-14-10)11(15)16/h1-2,7H,3-5,8H2,(H,15,16). The van der Waals surface area contributed by atoms with Gasteiger partial charge in [-0.1, -0.05) is 0 Å². The van der Waals surface area contributed by atoms with Crippen LogP contribution in [0.15, 0.2) is 23.4 Å². The third kappa shape index (κ3) is 2.98. The van der Waals surface area contributed by atoms with Crippen LogP contribution in [0, 0.1) is 16.7 Å². The Morgan fingerprint density at radius 1 is 1.59 bits per heavy atom. The molecule has 1 saturated carbocycles. The molecule has 1 aromatic rings. The van der Waals surface area contributed by atoms with Crippen LogP contribution in [-0.4, -0.2) is 21.8 Å². The first-order valence-corrected chi connectivity index (χ1v) is 6.33. The monoisotopic (exact) mass is 248 g/mol. The number of carboxylic acids is 1. The highest BCUT2D eigenvalue weighted by Gasteiger charge is 2.42. The zero-order valence-corrected chi connectivity index (χ0v) is 10.0. The number of aromatic carboxylic acids is 1. The van der Waals surface area contributed by atoms with Gasteiger partial charge in [0, 0.05) is 18.4 Å². The third-order valence-corrected chi connectivity index (χ3v) is 4.21. The fourth-order valence-corrected chi connectivity index (χ4v) is 2.67. The van der Waals surface area contributed by atoms with Gasteiger partial charge in [0.1, 0.15) is 0 Å². The smallest absolute Gasteiger partial charge is 0.337 e. The summed E-state index contributed by atoms with van der Waals surface area (Å²) in [6.45, 7) is 0. The summed E-state index contributed by atoms with van der Waals surface area (Å²) in [6, 6.07) is 5.50. The summed E-state index contributed by atoms with van der Waals surface area (Å²) >= 11 is 1.60. The Labute approximate surface area is 104 Å². The van der Waals surface area contributed by atoms with Crippen molar-refractivity contribution in [2.24, 2.45) is 5.41 Å². The first kappa shape index (κ1) is 11.9. The fraction of sp³-hybridized carbons (Fsp3) is 0.417. The minimum absolute atomic E-state index is 0.187. The molecule has 1 N–H and O–H groups in total. The highest BCUT2D eigenvalue weighted by molar-refractivity contribution is 7.99. The molecular formula is C12H12N2O2S. The Morgan fingerprint density at radius 2 is 2.35 bits per heavy atom. The van der Waals surface area contributed by atoms with E-state index in [1.165, 1.54) is 6.20 Å². The minimum atomic E-state index is -0.961. The number of aromatic nitrogens is 1. The second-order valence-corrected chi connectivity index (χ2v) is 5.31. The van der Waals surface area contributed by atoms with Crippen LogP contribution in [0.25, 0.3) is 0 Å². The highest BCUT2D eigenvalue weighted by atomic mass is 32.2. The van der Waals surface area contributed by atoms with Crippen LogP contribution < -0.4 is 0 Å². The zero-order chi connectivity index (χ0) is 12.3. The van der Waals surface area contributed by atoms with Crippen LogP contribution in [0.3, 0.4) is 0 Å². The topological polar surface area (TPSA) is 74.0 Å². The Hall–Kier alpha value is -1.54. The number of hydrogen-bond donors (Lipinski definition) is 1. The molecule has 1 heterocycles. The van der Waals surface area contributed by atoms with Gasteiger partial charge in [0.05, 0.1) is 16.7 Å². The summed E-state index contributed by atoms with van der Waals surface area (Å²) in [5.41, 5.74) is 0.388. The molecule has 17 heavy (non-hydrogen) atoms. The van der Waals surface area contributed by atoms with E-state index in [0.717, 1.165) is 23.6 Å². The van der Waals surface area contributed by atoms with Crippen molar-refractivity contribution in [2.75, 3.05) is 5.75 Å². The predicted octanol–water partition coefficient (Wildman–Crippen LogP) is 2.57. The van der Waals surface area contributed by atoms with E-state index in [-0.39, 0.29) is 11.0 Å². The number of thioether (sulfide) groups is 1. The molecule has 1 fully saturated rings. The van der Waals surface area contributed by atoms with E-state index < -0.39 is 5.97 Å². The number of rotatable bonds is 5. The molecule has 0 saturated heterocycles. The number of hydrogen-bond acceptors (Lipinski definition) is 4. The van der Waals surface area contributed by atoms with E-state index in [1.54, 1.807) is 23.9 Å². The van der Waals surface area contributed by atoms with Crippen molar-refractivity contribution >= 4 is 17.7 Å². The Bertz CT molecular complexity index is 460. The second kappa shape index (κ2) is 4.76. The quantitative estimate of drug-likeness (QED) is 0.810. The van der Waals surface area contributed by atoms with E-state index in [2.05, 4.69) is 11.1 Å². The maximum absolute atomic E-state index is 10.6. The zero-order valence-electron chi connectivity index (χ0n) is 9.22. The lowest BCUT2D eigenvalue weighted by molar-refractivity contribution is 0.0696. The van der Waals surface area contributed by atoms with Crippen molar-refractivity contribution in [3.05, 3.63) is 23.9 Å². The lowest BCUT2D eigenvalue weighted by atomic mass is 10.1. The molecule has 0 bridgehead atoms. The summed E-state index contributed by atoms with van der Waals surface area (Å²) in [6.07, 6.45) is 4.20. The molecule has 2 rings (SSSR count). The van der Waals surface area contributed by atoms with Crippen LogP contribution in [0.4, 0.5) is 0 Å². The number of pyridine rings is 1. The van der Waals surface area contributed by atoms with E-state index in [4.69, 9.17) is 10.4 Å². The van der Waals surface area contributed by atoms with Gasteiger partial charge in [-0.3, -0.25) is 0 Å². The fourth-order valence-electron chi connectivity index (χ4n) is 1.54. The molecule has 4 nitrogen and oxygen atoms in total. The number of nitriles is 1. The van der Waals surface area contributed by atoms with E-state index in [9.17, 15) is 4.79 Å². The summed E-state index contributed by atoms with van der Waals surface area (Å²) < 4.78 is 0. The molecular weight excluding hydrogens is 236 g/mol. The van der Waals surface area contributed by atoms with Gasteiger partial charge in [0.2, 0.25) is 0 Å². The molecule has 5 heteroatoms. The van der Waals surface area contributed by atoms with Gasteiger partial charge in [0.25, 0.3) is 0 Å². The summed E-state index contributed by atoms with van der Waals surface area (Å²) in [5.74, 6) is -0.0721. The van der Waals surface area contributed by atoms with E-state index in [0.29, 0.717) is 6.42 Å². The first-order valence-electron chi connectivity index (χ1n) is 5.34. The predicted molar refractivity (Wildman–Crippen MR) is 63.8 cm³/mol. The molecule has 0 radical (unpaired) electrons. The second-order valence-electron chi connectivity index (χ2n) is 4.31. The maximum atomic E-state index is 10.6. The number of carboxylic acid groups (broad SMARTS) is 1. The molecule has 1 aromatic heterocycles. The van der Waals surface area contributed by atoms with Gasteiger partial charge in [0.15, 0.2) is 0 Å². The van der Waals surface area contributed by atoms with Gasteiger partial charge >= 0.3 is 5.97 Å². The summed E-state index contributed by atoms with van der Waals surface area (Å²) in [5, 5.41) is 18.2. The number of nitrogens with zero attached hydrogens (tertiary/aromatic N) is 2. The lowest BCUT2D eigenvalue weighted by Gasteiger charge is -2.09. The average Bonchev–Trinajstić information content (AvgIpc) is 3.08. The van der Waals surface area contributed by atoms with Gasteiger partial charge in [-0.2, -0.15) is 5.26 Å². The SMILES string of the molecule is N#CCC1(CSc2ccc(C(=O)O)cn2)CC1. The van der Waals surface area contributed by atoms with Gasteiger partial charge in [-0.15, -0.1) is 11.8 Å². The van der Waals surface area contributed by atoms with Crippen molar-refractivity contribution in [1.82, 2.24) is 4.98 Å². The normalized spacial score (nSPS) is 16.2. The Kier molecular flexibility index (Phi) is 3.34. The van der Waals surface area contributed by atoms with E-state index in [1.807, 2.05) is 0 Å². The molecule has 0 spiro atoms. The molecule has 1 aliphatic carbocycles. The molecule has 0 aromatic carbocycles.